The number of aliphatic hydroxyl groups excluding tert-OH is 1. The molecule has 1 fully saturated rings. The molecular formula is C8H13NO. The summed E-state index contributed by atoms with van der Waals surface area (Å²) in [5.41, 5.74) is 0. The van der Waals surface area contributed by atoms with E-state index in [2.05, 4.69) is 6.07 Å². The van der Waals surface area contributed by atoms with E-state index < -0.39 is 0 Å². The lowest BCUT2D eigenvalue weighted by atomic mass is 9.98. The van der Waals surface area contributed by atoms with Crippen LogP contribution in [0.5, 0.6) is 0 Å². The molecule has 0 aromatic heterocycles. The summed E-state index contributed by atoms with van der Waals surface area (Å²) in [5.74, 6) is 0.303. The number of rotatable bonds is 3. The Morgan fingerprint density at radius 2 is 2.30 bits per heavy atom. The number of hydrogen-bond acceptors (Lipinski definition) is 2. The maximum atomic E-state index is 9.43. The second kappa shape index (κ2) is 3.03. The van der Waals surface area contributed by atoms with Crippen molar-refractivity contribution >= 4 is 0 Å². The maximum absolute atomic E-state index is 9.43. The molecule has 0 spiro atoms. The molecular weight excluding hydrogens is 126 g/mol. The van der Waals surface area contributed by atoms with E-state index in [1.54, 1.807) is 0 Å². The summed E-state index contributed by atoms with van der Waals surface area (Å²) < 4.78 is 0. The Bertz CT molecular complexity index is 146. The van der Waals surface area contributed by atoms with E-state index in [4.69, 9.17) is 5.26 Å². The molecule has 1 aliphatic carbocycles. The summed E-state index contributed by atoms with van der Waals surface area (Å²) in [6.07, 6.45) is 2.64. The van der Waals surface area contributed by atoms with Crippen LogP contribution in [0.1, 0.15) is 26.2 Å². The van der Waals surface area contributed by atoms with Gasteiger partial charge in [0, 0.05) is 0 Å². The van der Waals surface area contributed by atoms with Gasteiger partial charge in [0.25, 0.3) is 0 Å². The second-order valence-corrected chi connectivity index (χ2v) is 2.97. The fraction of sp³-hybridized carbons (Fsp3) is 0.875. The number of hydrogen-bond donors (Lipinski definition) is 1. The Kier molecular flexibility index (Phi) is 2.29. The van der Waals surface area contributed by atoms with E-state index in [-0.39, 0.29) is 12.0 Å². The van der Waals surface area contributed by atoms with Gasteiger partial charge in [-0.05, 0) is 25.2 Å². The van der Waals surface area contributed by atoms with Crippen molar-refractivity contribution < 1.29 is 5.11 Å². The molecule has 0 aliphatic heterocycles. The van der Waals surface area contributed by atoms with Crippen molar-refractivity contribution in [2.24, 2.45) is 11.8 Å². The fourth-order valence-corrected chi connectivity index (χ4v) is 1.18. The normalized spacial score (nSPS) is 23.3. The van der Waals surface area contributed by atoms with Gasteiger partial charge in [0.1, 0.15) is 0 Å². The van der Waals surface area contributed by atoms with Gasteiger partial charge in [-0.1, -0.05) is 6.92 Å². The molecule has 0 aromatic rings. The van der Waals surface area contributed by atoms with E-state index in [0.29, 0.717) is 5.92 Å². The van der Waals surface area contributed by atoms with Crippen LogP contribution >= 0.6 is 0 Å². The molecule has 1 rings (SSSR count). The van der Waals surface area contributed by atoms with Gasteiger partial charge in [0.2, 0.25) is 0 Å². The first-order valence-corrected chi connectivity index (χ1v) is 3.87. The van der Waals surface area contributed by atoms with Crippen molar-refractivity contribution in [2.45, 2.75) is 32.3 Å². The first-order valence-electron chi connectivity index (χ1n) is 3.87. The monoisotopic (exact) mass is 139 g/mol. The Balaban J connectivity index is 2.37. The van der Waals surface area contributed by atoms with Crippen LogP contribution < -0.4 is 0 Å². The molecule has 2 heteroatoms. The zero-order valence-electron chi connectivity index (χ0n) is 6.25. The highest BCUT2D eigenvalue weighted by Gasteiger charge is 2.34. The highest BCUT2D eigenvalue weighted by molar-refractivity contribution is 4.94. The SMILES string of the molecule is CCC(C#N)C(O)C1CC1. The lowest BCUT2D eigenvalue weighted by Gasteiger charge is -2.12. The van der Waals surface area contributed by atoms with Crippen LogP contribution in [0.4, 0.5) is 0 Å². The largest absolute Gasteiger partial charge is 0.391 e. The van der Waals surface area contributed by atoms with E-state index in [9.17, 15) is 5.11 Å². The van der Waals surface area contributed by atoms with Crippen LogP contribution in [0.15, 0.2) is 0 Å². The van der Waals surface area contributed by atoms with Gasteiger partial charge >= 0.3 is 0 Å². The van der Waals surface area contributed by atoms with Crippen LogP contribution in [0.25, 0.3) is 0 Å². The lowest BCUT2D eigenvalue weighted by Crippen LogP contribution is -2.20. The minimum Gasteiger partial charge on any atom is -0.391 e. The van der Waals surface area contributed by atoms with Gasteiger partial charge in [-0.25, -0.2) is 0 Å². The molecule has 2 unspecified atom stereocenters. The molecule has 10 heavy (non-hydrogen) atoms. The molecule has 1 N–H and O–H groups in total. The molecule has 0 heterocycles. The summed E-state index contributed by atoms with van der Waals surface area (Å²) in [6, 6.07) is 2.12. The highest BCUT2D eigenvalue weighted by atomic mass is 16.3. The van der Waals surface area contributed by atoms with Gasteiger partial charge in [0.05, 0.1) is 18.1 Å². The van der Waals surface area contributed by atoms with Crippen LogP contribution in [0.3, 0.4) is 0 Å². The van der Waals surface area contributed by atoms with Crippen LogP contribution in [-0.2, 0) is 0 Å². The Morgan fingerprint density at radius 1 is 1.70 bits per heavy atom. The van der Waals surface area contributed by atoms with Crippen LogP contribution in [0.2, 0.25) is 0 Å². The molecule has 0 radical (unpaired) electrons. The zero-order valence-corrected chi connectivity index (χ0v) is 6.25. The minimum absolute atomic E-state index is 0.132. The third kappa shape index (κ3) is 1.48. The summed E-state index contributed by atoms with van der Waals surface area (Å²) in [7, 11) is 0. The summed E-state index contributed by atoms with van der Waals surface area (Å²) in [4.78, 5) is 0. The molecule has 2 atom stereocenters. The Labute approximate surface area is 61.5 Å². The predicted octanol–water partition coefficient (Wildman–Crippen LogP) is 1.31. The molecule has 0 saturated heterocycles. The highest BCUT2D eigenvalue weighted by Crippen LogP contribution is 2.36. The lowest BCUT2D eigenvalue weighted by molar-refractivity contribution is 0.109. The van der Waals surface area contributed by atoms with Crippen molar-refractivity contribution in [3.05, 3.63) is 0 Å². The molecule has 2 nitrogen and oxygen atoms in total. The van der Waals surface area contributed by atoms with Gasteiger partial charge in [-0.3, -0.25) is 0 Å². The fourth-order valence-electron chi connectivity index (χ4n) is 1.18. The van der Waals surface area contributed by atoms with Gasteiger partial charge < -0.3 is 5.11 Å². The Hall–Kier alpha value is -0.550. The molecule has 0 bridgehead atoms. The topological polar surface area (TPSA) is 44.0 Å². The molecule has 1 saturated carbocycles. The molecule has 0 aromatic carbocycles. The summed E-state index contributed by atoms with van der Waals surface area (Å²) >= 11 is 0. The molecule has 56 valence electrons. The van der Waals surface area contributed by atoms with E-state index >= 15 is 0 Å². The summed E-state index contributed by atoms with van der Waals surface area (Å²) in [5, 5.41) is 18.0. The van der Waals surface area contributed by atoms with Crippen molar-refractivity contribution in [1.29, 1.82) is 5.26 Å². The average Bonchev–Trinajstić information content (AvgIpc) is 2.71. The third-order valence-electron chi connectivity index (χ3n) is 2.12. The maximum Gasteiger partial charge on any atom is 0.0726 e. The van der Waals surface area contributed by atoms with Crippen LogP contribution in [0, 0.1) is 23.2 Å². The second-order valence-electron chi connectivity index (χ2n) is 2.97. The minimum atomic E-state index is -0.352. The van der Waals surface area contributed by atoms with Crippen molar-refractivity contribution in [1.82, 2.24) is 0 Å². The number of nitriles is 1. The Morgan fingerprint density at radius 3 is 2.60 bits per heavy atom. The standard InChI is InChI=1S/C8H13NO/c1-2-6(5-9)8(10)7-3-4-7/h6-8,10H,2-4H2,1H3. The zero-order chi connectivity index (χ0) is 7.56. The van der Waals surface area contributed by atoms with Crippen molar-refractivity contribution in [2.75, 3.05) is 0 Å². The van der Waals surface area contributed by atoms with Gasteiger partial charge in [0.15, 0.2) is 0 Å². The van der Waals surface area contributed by atoms with Gasteiger partial charge in [-0.15, -0.1) is 0 Å². The average molecular weight is 139 g/mol. The van der Waals surface area contributed by atoms with Crippen molar-refractivity contribution in [3.63, 3.8) is 0 Å². The molecule has 1 aliphatic rings. The molecule has 0 amide bonds. The summed E-state index contributed by atoms with van der Waals surface area (Å²) in [6.45, 7) is 1.94. The smallest absolute Gasteiger partial charge is 0.0726 e. The van der Waals surface area contributed by atoms with E-state index in [1.165, 1.54) is 0 Å². The number of nitrogens with zero attached hydrogens (tertiary/aromatic N) is 1. The van der Waals surface area contributed by atoms with E-state index in [1.807, 2.05) is 6.92 Å². The van der Waals surface area contributed by atoms with Crippen LogP contribution in [-0.4, -0.2) is 11.2 Å². The predicted molar refractivity (Wildman–Crippen MR) is 38.1 cm³/mol. The van der Waals surface area contributed by atoms with Gasteiger partial charge in [-0.2, -0.15) is 5.26 Å². The quantitative estimate of drug-likeness (QED) is 0.640. The number of aliphatic hydroxyl groups is 1. The third-order valence-corrected chi connectivity index (χ3v) is 2.12. The first kappa shape index (κ1) is 7.56. The van der Waals surface area contributed by atoms with E-state index in [0.717, 1.165) is 19.3 Å². The van der Waals surface area contributed by atoms with Crippen molar-refractivity contribution in [3.8, 4) is 6.07 Å². The first-order chi connectivity index (χ1) is 4.79.